The van der Waals surface area contributed by atoms with Crippen molar-refractivity contribution in [3.63, 3.8) is 0 Å². The number of hydrogen-bond donors (Lipinski definition) is 2. The van der Waals surface area contributed by atoms with Crippen LogP contribution in [0.25, 0.3) is 0 Å². The van der Waals surface area contributed by atoms with Gasteiger partial charge in [0.1, 0.15) is 5.75 Å². The first-order valence-electron chi connectivity index (χ1n) is 10.9. The second-order valence-electron chi connectivity index (χ2n) is 7.89. The molecule has 2 aromatic rings. The van der Waals surface area contributed by atoms with E-state index in [4.69, 9.17) is 23.9 Å². The van der Waals surface area contributed by atoms with E-state index in [1.54, 1.807) is 0 Å². The van der Waals surface area contributed by atoms with Gasteiger partial charge in [-0.25, -0.2) is 4.99 Å². The Hall–Kier alpha value is -2.20. The van der Waals surface area contributed by atoms with Crippen LogP contribution in [-0.4, -0.2) is 39.1 Å². The molecule has 8 heteroatoms. The topological polar surface area (TPSA) is 73.3 Å². The zero-order chi connectivity index (χ0) is 21.5. The van der Waals surface area contributed by atoms with Crippen LogP contribution in [0.2, 0.25) is 0 Å². The minimum absolute atomic E-state index is 0. The van der Waals surface area contributed by atoms with Crippen LogP contribution in [0.1, 0.15) is 30.0 Å². The van der Waals surface area contributed by atoms with Crippen molar-refractivity contribution in [3.8, 4) is 17.2 Å². The summed E-state index contributed by atoms with van der Waals surface area (Å²) >= 11 is 0. The Morgan fingerprint density at radius 1 is 1.12 bits per heavy atom. The molecule has 1 fully saturated rings. The molecule has 0 bridgehead atoms. The first-order valence-corrected chi connectivity index (χ1v) is 10.9. The monoisotopic (exact) mass is 553 g/mol. The third-order valence-corrected chi connectivity index (χ3v) is 5.37. The average Bonchev–Trinajstić information content (AvgIpc) is 3.46. The molecule has 1 atom stereocenters. The minimum Gasteiger partial charge on any atom is -0.493 e. The van der Waals surface area contributed by atoms with Crippen LogP contribution in [0.15, 0.2) is 41.4 Å². The van der Waals surface area contributed by atoms with E-state index in [9.17, 15) is 0 Å². The quantitative estimate of drug-likeness (QED) is 0.293. The van der Waals surface area contributed by atoms with Crippen LogP contribution in [0.3, 0.4) is 0 Å². The first kappa shape index (κ1) is 24.4. The summed E-state index contributed by atoms with van der Waals surface area (Å²) in [4.78, 5) is 4.72. The van der Waals surface area contributed by atoms with Gasteiger partial charge >= 0.3 is 0 Å². The Bertz CT molecular complexity index is 916. The Balaban J connectivity index is 0.00000289. The number of aliphatic imine (C=N–C) groups is 1. The maximum absolute atomic E-state index is 6.16. The maximum atomic E-state index is 6.16. The van der Waals surface area contributed by atoms with Crippen LogP contribution in [0.4, 0.5) is 0 Å². The predicted molar refractivity (Wildman–Crippen MR) is 135 cm³/mol. The van der Waals surface area contributed by atoms with Crippen molar-refractivity contribution < 1.29 is 18.9 Å². The third-order valence-electron chi connectivity index (χ3n) is 5.37. The molecule has 2 aromatic carbocycles. The van der Waals surface area contributed by atoms with Crippen molar-refractivity contribution in [3.05, 3.63) is 53.1 Å². The average molecular weight is 553 g/mol. The van der Waals surface area contributed by atoms with Crippen LogP contribution >= 0.6 is 24.0 Å². The zero-order valence-corrected chi connectivity index (χ0v) is 21.0. The number of guanidine groups is 1. The lowest BCUT2D eigenvalue weighted by Crippen LogP contribution is -2.36. The number of nitrogens with one attached hydrogen (secondary N) is 2. The highest BCUT2D eigenvalue weighted by atomic mass is 127. The number of hydrogen-bond acceptors (Lipinski definition) is 5. The highest BCUT2D eigenvalue weighted by molar-refractivity contribution is 14.0. The molecule has 1 unspecified atom stereocenters. The van der Waals surface area contributed by atoms with Gasteiger partial charge in [0, 0.05) is 31.2 Å². The van der Waals surface area contributed by atoms with E-state index in [0.717, 1.165) is 60.5 Å². The number of benzene rings is 2. The standard InChI is InChI=1S/C24H31N3O4.HI/c1-3-25-24(26-12-18-5-7-21-23(11-18)31-16-30-21)27-13-20-6-4-17(2)10-22(20)29-15-19-8-9-28-14-19;/h4-7,10-11,19H,3,8-9,12-16H2,1-2H3,(H2,25,26,27);1H. The van der Waals surface area contributed by atoms with E-state index in [2.05, 4.69) is 42.7 Å². The Morgan fingerprint density at radius 2 is 2.00 bits per heavy atom. The molecule has 0 radical (unpaired) electrons. The molecule has 0 aliphatic carbocycles. The molecule has 1 saturated heterocycles. The van der Waals surface area contributed by atoms with Crippen LogP contribution in [0.5, 0.6) is 17.2 Å². The second kappa shape index (κ2) is 12.2. The van der Waals surface area contributed by atoms with Gasteiger partial charge in [-0.2, -0.15) is 0 Å². The van der Waals surface area contributed by atoms with Crippen molar-refractivity contribution >= 4 is 29.9 Å². The third kappa shape index (κ3) is 6.65. The summed E-state index contributed by atoms with van der Waals surface area (Å²) in [5.41, 5.74) is 3.36. The molecule has 2 heterocycles. The van der Waals surface area contributed by atoms with Gasteiger partial charge in [0.15, 0.2) is 17.5 Å². The van der Waals surface area contributed by atoms with Gasteiger partial charge in [-0.1, -0.05) is 18.2 Å². The number of nitrogens with zero attached hydrogens (tertiary/aromatic N) is 1. The van der Waals surface area contributed by atoms with E-state index in [1.807, 2.05) is 18.2 Å². The molecule has 2 aliphatic rings. The molecule has 0 amide bonds. The van der Waals surface area contributed by atoms with Crippen molar-refractivity contribution in [1.82, 2.24) is 10.6 Å². The normalized spacial score (nSPS) is 17.1. The molecular formula is C24H32IN3O4. The van der Waals surface area contributed by atoms with E-state index >= 15 is 0 Å². The van der Waals surface area contributed by atoms with Gasteiger partial charge in [0.25, 0.3) is 0 Å². The van der Waals surface area contributed by atoms with Crippen molar-refractivity contribution in [2.45, 2.75) is 33.4 Å². The lowest BCUT2D eigenvalue weighted by molar-refractivity contribution is 0.166. The maximum Gasteiger partial charge on any atom is 0.231 e. The van der Waals surface area contributed by atoms with Crippen LogP contribution in [-0.2, 0) is 17.8 Å². The summed E-state index contributed by atoms with van der Waals surface area (Å²) in [6.07, 6.45) is 1.07. The molecule has 0 aromatic heterocycles. The molecule has 2 aliphatic heterocycles. The SMILES string of the molecule is CCNC(=NCc1ccc2c(c1)OCO2)NCc1ccc(C)cc1OCC1CCOC1.I. The number of ether oxygens (including phenoxy) is 4. The minimum atomic E-state index is 0. The number of fused-ring (bicyclic) bond motifs is 1. The van der Waals surface area contributed by atoms with E-state index in [-0.39, 0.29) is 30.8 Å². The Labute approximate surface area is 206 Å². The number of rotatable bonds is 8. The molecule has 4 rings (SSSR count). The smallest absolute Gasteiger partial charge is 0.231 e. The van der Waals surface area contributed by atoms with Gasteiger partial charge in [0.05, 0.1) is 19.8 Å². The fourth-order valence-electron chi connectivity index (χ4n) is 3.59. The van der Waals surface area contributed by atoms with Gasteiger partial charge < -0.3 is 29.6 Å². The summed E-state index contributed by atoms with van der Waals surface area (Å²) in [6.45, 7) is 8.69. The zero-order valence-electron chi connectivity index (χ0n) is 18.7. The van der Waals surface area contributed by atoms with E-state index in [0.29, 0.717) is 25.6 Å². The summed E-state index contributed by atoms with van der Waals surface area (Å²) in [5, 5.41) is 6.73. The number of halogens is 1. The summed E-state index contributed by atoms with van der Waals surface area (Å²) in [5.74, 6) is 3.72. The highest BCUT2D eigenvalue weighted by Gasteiger charge is 2.17. The van der Waals surface area contributed by atoms with Gasteiger partial charge in [-0.05, 0) is 49.6 Å². The van der Waals surface area contributed by atoms with Crippen LogP contribution in [0, 0.1) is 12.8 Å². The molecule has 174 valence electrons. The van der Waals surface area contributed by atoms with Gasteiger partial charge in [-0.15, -0.1) is 24.0 Å². The summed E-state index contributed by atoms with van der Waals surface area (Å²) < 4.78 is 22.5. The fourth-order valence-corrected chi connectivity index (χ4v) is 3.59. The van der Waals surface area contributed by atoms with Crippen molar-refractivity contribution in [2.24, 2.45) is 10.9 Å². The predicted octanol–water partition coefficient (Wildman–Crippen LogP) is 4.01. The Morgan fingerprint density at radius 3 is 2.81 bits per heavy atom. The molecule has 2 N–H and O–H groups in total. The first-order chi connectivity index (χ1) is 15.2. The van der Waals surface area contributed by atoms with Crippen molar-refractivity contribution in [2.75, 3.05) is 33.2 Å². The molecular weight excluding hydrogens is 521 g/mol. The number of aryl methyl sites for hydroxylation is 1. The lowest BCUT2D eigenvalue weighted by Gasteiger charge is -2.17. The molecule has 7 nitrogen and oxygen atoms in total. The molecule has 0 saturated carbocycles. The summed E-state index contributed by atoms with van der Waals surface area (Å²) in [6, 6.07) is 12.2. The molecule has 0 spiro atoms. The lowest BCUT2D eigenvalue weighted by atomic mass is 10.1. The van der Waals surface area contributed by atoms with E-state index in [1.165, 1.54) is 5.56 Å². The van der Waals surface area contributed by atoms with Crippen molar-refractivity contribution in [1.29, 1.82) is 0 Å². The van der Waals surface area contributed by atoms with Crippen LogP contribution < -0.4 is 24.8 Å². The van der Waals surface area contributed by atoms with E-state index < -0.39 is 0 Å². The Kier molecular flexibility index (Phi) is 9.28. The molecule has 32 heavy (non-hydrogen) atoms. The summed E-state index contributed by atoms with van der Waals surface area (Å²) in [7, 11) is 0. The van der Waals surface area contributed by atoms with Gasteiger partial charge in [-0.3, -0.25) is 0 Å². The second-order valence-corrected chi connectivity index (χ2v) is 7.89. The van der Waals surface area contributed by atoms with Gasteiger partial charge in [0.2, 0.25) is 6.79 Å². The largest absolute Gasteiger partial charge is 0.493 e. The highest BCUT2D eigenvalue weighted by Crippen LogP contribution is 2.32. The fraction of sp³-hybridized carbons (Fsp3) is 0.458.